The first-order valence-corrected chi connectivity index (χ1v) is 11.3. The molecule has 33 heavy (non-hydrogen) atoms. The van der Waals surface area contributed by atoms with E-state index >= 15 is 0 Å². The molecule has 162 valence electrons. The molecule has 0 unspecified atom stereocenters. The van der Waals surface area contributed by atoms with Crippen LogP contribution >= 0.6 is 11.3 Å². The topological polar surface area (TPSA) is 109 Å². The summed E-state index contributed by atoms with van der Waals surface area (Å²) in [7, 11) is 0. The van der Waals surface area contributed by atoms with Crippen LogP contribution in [0.2, 0.25) is 0 Å². The summed E-state index contributed by atoms with van der Waals surface area (Å²) in [6.07, 6.45) is 1.24. The fraction of sp³-hybridized carbons (Fsp3) is 0.130. The quantitative estimate of drug-likeness (QED) is 0.393. The zero-order valence-electron chi connectivity index (χ0n) is 17.3. The fourth-order valence-corrected chi connectivity index (χ4v) is 4.82. The first kappa shape index (κ1) is 19.5. The van der Waals surface area contributed by atoms with Gasteiger partial charge in [-0.2, -0.15) is 14.7 Å². The number of hydrogen-bond donors (Lipinski definition) is 1. The first-order valence-electron chi connectivity index (χ1n) is 10.5. The normalized spacial score (nSPS) is 13.3. The molecule has 0 atom stereocenters. The standard InChI is InChI=1S/C23H17N7O2S/c31-21-15-9-4-5-10-16(15)22(32)29(21)12-6-11-19-28-30-20(26-27-23(30)33-19)18-13-17(24-25-18)14-7-2-1-3-8-14/h1-5,7-10,13H,6,11-12H2,(H,24,25). The molecule has 6 rings (SSSR count). The van der Waals surface area contributed by atoms with Gasteiger partial charge in [0.15, 0.2) is 0 Å². The van der Waals surface area contributed by atoms with Crippen molar-refractivity contribution in [3.05, 3.63) is 76.8 Å². The van der Waals surface area contributed by atoms with Crippen LogP contribution in [0.15, 0.2) is 60.7 Å². The van der Waals surface area contributed by atoms with Crippen molar-refractivity contribution in [1.82, 2.24) is 34.9 Å². The predicted molar refractivity (Wildman–Crippen MR) is 122 cm³/mol. The van der Waals surface area contributed by atoms with Crippen molar-refractivity contribution in [2.45, 2.75) is 12.8 Å². The smallest absolute Gasteiger partial charge is 0.261 e. The second-order valence-corrected chi connectivity index (χ2v) is 8.70. The van der Waals surface area contributed by atoms with Gasteiger partial charge >= 0.3 is 0 Å². The summed E-state index contributed by atoms with van der Waals surface area (Å²) in [6.45, 7) is 0.348. The van der Waals surface area contributed by atoms with Gasteiger partial charge in [-0.25, -0.2) is 0 Å². The van der Waals surface area contributed by atoms with Crippen LogP contribution in [0.25, 0.3) is 27.7 Å². The number of nitrogens with zero attached hydrogens (tertiary/aromatic N) is 6. The molecule has 0 saturated carbocycles. The van der Waals surface area contributed by atoms with Gasteiger partial charge in [-0.05, 0) is 24.6 Å². The van der Waals surface area contributed by atoms with Gasteiger partial charge in [-0.1, -0.05) is 53.8 Å². The third-order valence-electron chi connectivity index (χ3n) is 5.57. The van der Waals surface area contributed by atoms with E-state index in [2.05, 4.69) is 25.5 Å². The molecule has 0 spiro atoms. The average Bonchev–Trinajstić information content (AvgIpc) is 3.61. The number of benzene rings is 2. The Hall–Kier alpha value is -4.18. The van der Waals surface area contributed by atoms with Crippen molar-refractivity contribution >= 4 is 28.1 Å². The Morgan fingerprint density at radius 2 is 1.64 bits per heavy atom. The van der Waals surface area contributed by atoms with Crippen LogP contribution in [0.4, 0.5) is 0 Å². The monoisotopic (exact) mass is 455 g/mol. The maximum Gasteiger partial charge on any atom is 0.261 e. The largest absolute Gasteiger partial charge is 0.274 e. The molecule has 0 aliphatic carbocycles. The Balaban J connectivity index is 1.17. The van der Waals surface area contributed by atoms with E-state index in [0.717, 1.165) is 22.0 Å². The Morgan fingerprint density at radius 1 is 0.909 bits per heavy atom. The number of rotatable bonds is 6. The van der Waals surface area contributed by atoms with Gasteiger partial charge in [-0.15, -0.1) is 10.2 Å². The van der Waals surface area contributed by atoms with Crippen LogP contribution in [-0.4, -0.2) is 53.3 Å². The minimum absolute atomic E-state index is 0.232. The second kappa shape index (κ2) is 7.75. The molecule has 0 saturated heterocycles. The highest BCUT2D eigenvalue weighted by atomic mass is 32.1. The third kappa shape index (κ3) is 3.31. The molecule has 10 heteroatoms. The van der Waals surface area contributed by atoms with E-state index in [1.54, 1.807) is 28.8 Å². The van der Waals surface area contributed by atoms with Crippen molar-refractivity contribution in [3.8, 4) is 22.8 Å². The first-order chi connectivity index (χ1) is 16.2. The summed E-state index contributed by atoms with van der Waals surface area (Å²) in [6, 6.07) is 18.7. The summed E-state index contributed by atoms with van der Waals surface area (Å²) < 4.78 is 1.70. The van der Waals surface area contributed by atoms with Gasteiger partial charge in [-0.3, -0.25) is 19.6 Å². The van der Waals surface area contributed by atoms with Crippen LogP contribution < -0.4 is 0 Å². The molecule has 4 heterocycles. The third-order valence-corrected chi connectivity index (χ3v) is 6.53. The van der Waals surface area contributed by atoms with Gasteiger partial charge in [0.2, 0.25) is 10.8 Å². The lowest BCUT2D eigenvalue weighted by molar-refractivity contribution is 0.0652. The number of amides is 2. The van der Waals surface area contributed by atoms with Gasteiger partial charge in [0, 0.05) is 18.5 Å². The fourth-order valence-electron chi connectivity index (χ4n) is 3.95. The zero-order chi connectivity index (χ0) is 22.4. The van der Waals surface area contributed by atoms with Crippen molar-refractivity contribution < 1.29 is 9.59 Å². The van der Waals surface area contributed by atoms with Crippen LogP contribution in [-0.2, 0) is 6.42 Å². The van der Waals surface area contributed by atoms with Gasteiger partial charge in [0.1, 0.15) is 10.7 Å². The Kier molecular flexibility index (Phi) is 4.58. The molecule has 1 aliphatic heterocycles. The van der Waals surface area contributed by atoms with E-state index in [1.165, 1.54) is 16.2 Å². The maximum atomic E-state index is 12.5. The molecule has 5 aromatic rings. The predicted octanol–water partition coefficient (Wildman–Crippen LogP) is 3.47. The van der Waals surface area contributed by atoms with Gasteiger partial charge < -0.3 is 0 Å². The molecule has 2 amide bonds. The van der Waals surface area contributed by atoms with Crippen LogP contribution in [0, 0.1) is 0 Å². The Morgan fingerprint density at radius 3 is 2.39 bits per heavy atom. The van der Waals surface area contributed by atoms with Crippen molar-refractivity contribution in [2.75, 3.05) is 6.54 Å². The summed E-state index contributed by atoms with van der Waals surface area (Å²) in [4.78, 5) is 27.0. The van der Waals surface area contributed by atoms with Crippen LogP contribution in [0.5, 0.6) is 0 Å². The number of carbonyl (C=O) groups is 2. The van der Waals surface area contributed by atoms with E-state index in [0.29, 0.717) is 41.3 Å². The molecular weight excluding hydrogens is 438 g/mol. The lowest BCUT2D eigenvalue weighted by Gasteiger charge is -2.12. The number of H-pyrrole nitrogens is 1. The second-order valence-electron chi connectivity index (χ2n) is 7.66. The number of aromatic nitrogens is 6. The summed E-state index contributed by atoms with van der Waals surface area (Å²) in [5.74, 6) is 0.122. The number of imide groups is 1. The van der Waals surface area contributed by atoms with E-state index in [4.69, 9.17) is 0 Å². The average molecular weight is 456 g/mol. The lowest BCUT2D eigenvalue weighted by Crippen LogP contribution is -2.30. The van der Waals surface area contributed by atoms with E-state index in [1.807, 2.05) is 36.4 Å². The molecule has 0 fully saturated rings. The highest BCUT2D eigenvalue weighted by molar-refractivity contribution is 7.16. The number of hydrogen-bond acceptors (Lipinski definition) is 7. The van der Waals surface area contributed by atoms with Crippen molar-refractivity contribution in [1.29, 1.82) is 0 Å². The van der Waals surface area contributed by atoms with Gasteiger partial charge in [0.25, 0.3) is 11.8 Å². The van der Waals surface area contributed by atoms with E-state index < -0.39 is 0 Å². The summed E-state index contributed by atoms with van der Waals surface area (Å²) in [5.41, 5.74) is 3.50. The number of fused-ring (bicyclic) bond motifs is 2. The lowest BCUT2D eigenvalue weighted by atomic mass is 10.1. The van der Waals surface area contributed by atoms with Gasteiger partial charge in [0.05, 0.1) is 16.8 Å². The van der Waals surface area contributed by atoms with Crippen LogP contribution in [0.3, 0.4) is 0 Å². The minimum atomic E-state index is -0.232. The minimum Gasteiger partial charge on any atom is -0.274 e. The molecule has 0 bridgehead atoms. The van der Waals surface area contributed by atoms with Crippen molar-refractivity contribution in [3.63, 3.8) is 0 Å². The van der Waals surface area contributed by atoms with E-state index in [-0.39, 0.29) is 11.8 Å². The number of aromatic amines is 1. The molecule has 1 aliphatic rings. The highest BCUT2D eigenvalue weighted by Crippen LogP contribution is 2.26. The number of aryl methyl sites for hydroxylation is 1. The van der Waals surface area contributed by atoms with E-state index in [9.17, 15) is 9.59 Å². The Labute approximate surface area is 191 Å². The zero-order valence-corrected chi connectivity index (χ0v) is 18.1. The highest BCUT2D eigenvalue weighted by Gasteiger charge is 2.34. The maximum absolute atomic E-state index is 12.5. The molecule has 1 N–H and O–H groups in total. The molecule has 0 radical (unpaired) electrons. The SMILES string of the molecule is O=C1c2ccccc2C(=O)N1CCCc1nn2c(-c3cc(-c4ccccc4)n[nH]3)nnc2s1. The number of carbonyl (C=O) groups excluding carboxylic acids is 2. The van der Waals surface area contributed by atoms with Crippen molar-refractivity contribution in [2.24, 2.45) is 0 Å². The molecule has 9 nitrogen and oxygen atoms in total. The Bertz CT molecular complexity index is 1470. The molecule has 2 aromatic carbocycles. The molecular formula is C23H17N7O2S. The summed E-state index contributed by atoms with van der Waals surface area (Å²) >= 11 is 1.44. The van der Waals surface area contributed by atoms with Crippen LogP contribution in [0.1, 0.15) is 32.1 Å². The number of nitrogens with one attached hydrogen (secondary N) is 1. The summed E-state index contributed by atoms with van der Waals surface area (Å²) in [5, 5.41) is 21.4. The molecule has 3 aromatic heterocycles.